The molecule has 24 heavy (non-hydrogen) atoms. The Kier molecular flexibility index (Phi) is 5.47. The first-order valence-corrected chi connectivity index (χ1v) is 9.03. The molecule has 4 nitrogen and oxygen atoms in total. The first kappa shape index (κ1) is 17.3. The monoisotopic (exact) mass is 348 g/mol. The molecule has 0 aromatic heterocycles. The number of hydrogen-bond donors (Lipinski definition) is 0. The second-order valence-electron chi connectivity index (χ2n) is 6.72. The smallest absolute Gasteiger partial charge is 0.198 e. The van der Waals surface area contributed by atoms with Gasteiger partial charge in [-0.25, -0.2) is 0 Å². The van der Waals surface area contributed by atoms with Crippen molar-refractivity contribution in [3.05, 3.63) is 40.6 Å². The maximum atomic E-state index is 12.3. The maximum Gasteiger partial charge on any atom is 0.198 e. The van der Waals surface area contributed by atoms with Gasteiger partial charge in [0.2, 0.25) is 0 Å². The number of ether oxygens (including phenoxy) is 1. The highest BCUT2D eigenvalue weighted by Gasteiger charge is 2.25. The van der Waals surface area contributed by atoms with Crippen molar-refractivity contribution in [3.63, 3.8) is 0 Å². The molecule has 3 rings (SSSR count). The van der Waals surface area contributed by atoms with E-state index in [-0.39, 0.29) is 11.9 Å². The molecule has 0 aliphatic carbocycles. The van der Waals surface area contributed by atoms with E-state index in [1.54, 1.807) is 0 Å². The summed E-state index contributed by atoms with van der Waals surface area (Å²) in [5.74, 6) is 0.763. The Balaban J connectivity index is 1.45. The van der Waals surface area contributed by atoms with Crippen molar-refractivity contribution in [2.75, 3.05) is 37.6 Å². The quantitative estimate of drug-likeness (QED) is 0.815. The van der Waals surface area contributed by atoms with Crippen LogP contribution in [-0.2, 0) is 9.53 Å². The van der Waals surface area contributed by atoms with Crippen molar-refractivity contribution < 1.29 is 9.53 Å². The van der Waals surface area contributed by atoms with Crippen LogP contribution in [0.25, 0.3) is 0 Å². The number of anilines is 1. The summed E-state index contributed by atoms with van der Waals surface area (Å²) >= 11 is 5.95. The second kappa shape index (κ2) is 7.58. The molecule has 0 spiro atoms. The number of halogens is 1. The van der Waals surface area contributed by atoms with Crippen LogP contribution in [0.1, 0.15) is 26.7 Å². The summed E-state index contributed by atoms with van der Waals surface area (Å²) in [5.41, 5.74) is 2.31. The van der Waals surface area contributed by atoms with Crippen LogP contribution < -0.4 is 4.90 Å². The molecule has 2 aliphatic rings. The van der Waals surface area contributed by atoms with Crippen LogP contribution in [0.15, 0.2) is 35.6 Å². The van der Waals surface area contributed by atoms with Gasteiger partial charge in [-0.05, 0) is 43.7 Å². The zero-order chi connectivity index (χ0) is 17.1. The van der Waals surface area contributed by atoms with E-state index in [9.17, 15) is 4.79 Å². The van der Waals surface area contributed by atoms with E-state index in [1.807, 2.05) is 26.0 Å². The number of allylic oxidation sites excluding steroid dienone is 1. The number of carbonyl (C=O) groups is 1. The summed E-state index contributed by atoms with van der Waals surface area (Å²) in [5, 5.41) is 0.768. The summed E-state index contributed by atoms with van der Waals surface area (Å²) < 4.78 is 5.65. The predicted molar refractivity (Wildman–Crippen MR) is 97.6 cm³/mol. The number of rotatable bonds is 5. The summed E-state index contributed by atoms with van der Waals surface area (Å²) in [6.45, 7) is 8.73. The van der Waals surface area contributed by atoms with Crippen LogP contribution in [0.4, 0.5) is 5.69 Å². The molecule has 5 heteroatoms. The number of benzene rings is 1. The highest BCUT2D eigenvalue weighted by Crippen LogP contribution is 2.26. The van der Waals surface area contributed by atoms with E-state index in [0.717, 1.165) is 49.7 Å². The lowest BCUT2D eigenvalue weighted by atomic mass is 10.1. The molecule has 2 aliphatic heterocycles. The van der Waals surface area contributed by atoms with E-state index in [4.69, 9.17) is 16.3 Å². The van der Waals surface area contributed by atoms with Gasteiger partial charge in [0.25, 0.3) is 0 Å². The third-order valence-electron chi connectivity index (χ3n) is 4.77. The number of Topliss-reactive ketones (excluding diaryl/α,β-unsaturated/α-hetero) is 1. The molecular weight excluding hydrogens is 324 g/mol. The predicted octanol–water partition coefficient (Wildman–Crippen LogP) is 3.50. The SMILES string of the molecule is CC1=C(C(=O)CCN2CCN(c3ccc(Cl)cc3)CC2)OC(C)C1. The molecule has 1 atom stereocenters. The minimum atomic E-state index is 0.145. The lowest BCUT2D eigenvalue weighted by Crippen LogP contribution is -2.47. The van der Waals surface area contributed by atoms with Crippen LogP contribution in [0.3, 0.4) is 0 Å². The Morgan fingerprint density at radius 3 is 2.46 bits per heavy atom. The van der Waals surface area contributed by atoms with Crippen LogP contribution in [0, 0.1) is 0 Å². The van der Waals surface area contributed by atoms with E-state index in [1.165, 1.54) is 5.69 Å². The molecule has 1 aromatic rings. The Bertz CT molecular complexity index is 619. The third-order valence-corrected chi connectivity index (χ3v) is 5.02. The van der Waals surface area contributed by atoms with Crippen LogP contribution in [-0.4, -0.2) is 49.5 Å². The number of nitrogens with zero attached hydrogens (tertiary/aromatic N) is 2. The van der Waals surface area contributed by atoms with Crippen molar-refractivity contribution >= 4 is 23.1 Å². The zero-order valence-electron chi connectivity index (χ0n) is 14.4. The molecule has 130 valence electrons. The van der Waals surface area contributed by atoms with E-state index < -0.39 is 0 Å². The third kappa shape index (κ3) is 4.11. The minimum absolute atomic E-state index is 0.145. The molecule has 0 N–H and O–H groups in total. The van der Waals surface area contributed by atoms with Gasteiger partial charge in [-0.3, -0.25) is 9.69 Å². The van der Waals surface area contributed by atoms with E-state index in [0.29, 0.717) is 12.2 Å². The lowest BCUT2D eigenvalue weighted by Gasteiger charge is -2.36. The van der Waals surface area contributed by atoms with Gasteiger partial charge >= 0.3 is 0 Å². The summed E-state index contributed by atoms with van der Waals surface area (Å²) in [4.78, 5) is 17.1. The first-order chi connectivity index (χ1) is 11.5. The van der Waals surface area contributed by atoms with E-state index in [2.05, 4.69) is 21.9 Å². The standard InChI is InChI=1S/C19H25ClN2O2/c1-14-13-15(2)24-19(14)18(23)7-8-21-9-11-22(12-10-21)17-5-3-16(20)4-6-17/h3-6,15H,7-13H2,1-2H3. The Morgan fingerprint density at radius 2 is 1.88 bits per heavy atom. The Hall–Kier alpha value is -1.52. The molecule has 0 radical (unpaired) electrons. The highest BCUT2D eigenvalue weighted by atomic mass is 35.5. The van der Waals surface area contributed by atoms with Gasteiger partial charge in [-0.1, -0.05) is 11.6 Å². The molecule has 1 saturated heterocycles. The fourth-order valence-electron chi connectivity index (χ4n) is 3.43. The fraction of sp³-hybridized carbons (Fsp3) is 0.526. The molecule has 1 unspecified atom stereocenters. The normalized spacial score (nSPS) is 22.0. The van der Waals surface area contributed by atoms with Crippen LogP contribution >= 0.6 is 11.6 Å². The Morgan fingerprint density at radius 1 is 1.21 bits per heavy atom. The maximum absolute atomic E-state index is 12.3. The second-order valence-corrected chi connectivity index (χ2v) is 7.16. The van der Waals surface area contributed by atoms with Crippen LogP contribution in [0.2, 0.25) is 5.02 Å². The van der Waals surface area contributed by atoms with E-state index >= 15 is 0 Å². The Labute approximate surface area is 149 Å². The molecular formula is C19H25ClN2O2. The number of piperazine rings is 1. The zero-order valence-corrected chi connectivity index (χ0v) is 15.2. The fourth-order valence-corrected chi connectivity index (χ4v) is 3.55. The van der Waals surface area contributed by atoms with Gasteiger partial charge in [-0.2, -0.15) is 0 Å². The van der Waals surface area contributed by atoms with Crippen LogP contribution in [0.5, 0.6) is 0 Å². The van der Waals surface area contributed by atoms with Gasteiger partial charge in [-0.15, -0.1) is 0 Å². The van der Waals surface area contributed by atoms with Gasteiger partial charge in [0.15, 0.2) is 11.5 Å². The van der Waals surface area contributed by atoms with Gasteiger partial charge in [0.1, 0.15) is 0 Å². The molecule has 1 aromatic carbocycles. The largest absolute Gasteiger partial charge is 0.487 e. The summed E-state index contributed by atoms with van der Waals surface area (Å²) in [6.07, 6.45) is 1.56. The molecule has 0 saturated carbocycles. The summed E-state index contributed by atoms with van der Waals surface area (Å²) in [7, 11) is 0. The average molecular weight is 349 g/mol. The molecule has 0 bridgehead atoms. The van der Waals surface area contributed by atoms with Crippen molar-refractivity contribution in [2.45, 2.75) is 32.8 Å². The van der Waals surface area contributed by atoms with Crippen molar-refractivity contribution in [2.24, 2.45) is 0 Å². The topological polar surface area (TPSA) is 32.8 Å². The number of ketones is 1. The van der Waals surface area contributed by atoms with Gasteiger partial charge in [0.05, 0.1) is 6.10 Å². The highest BCUT2D eigenvalue weighted by molar-refractivity contribution is 6.30. The average Bonchev–Trinajstić information content (AvgIpc) is 2.92. The number of carbonyl (C=O) groups excluding carboxylic acids is 1. The summed E-state index contributed by atoms with van der Waals surface area (Å²) in [6, 6.07) is 7.99. The molecule has 1 fully saturated rings. The van der Waals surface area contributed by atoms with Gasteiger partial charge < -0.3 is 9.64 Å². The number of hydrogen-bond acceptors (Lipinski definition) is 4. The molecule has 0 amide bonds. The van der Waals surface area contributed by atoms with Crippen molar-refractivity contribution in [3.8, 4) is 0 Å². The first-order valence-electron chi connectivity index (χ1n) is 8.65. The van der Waals surface area contributed by atoms with Crippen molar-refractivity contribution in [1.29, 1.82) is 0 Å². The minimum Gasteiger partial charge on any atom is -0.487 e. The molecule has 2 heterocycles. The lowest BCUT2D eigenvalue weighted by molar-refractivity contribution is -0.119. The van der Waals surface area contributed by atoms with Crippen molar-refractivity contribution in [1.82, 2.24) is 4.90 Å². The van der Waals surface area contributed by atoms with Gasteiger partial charge in [0, 0.05) is 56.3 Å².